The third-order valence-electron chi connectivity index (χ3n) is 5.49. The normalized spacial score (nSPS) is 16.2. The van der Waals surface area contributed by atoms with Gasteiger partial charge in [-0.1, -0.05) is 44.2 Å². The zero-order chi connectivity index (χ0) is 21.0. The number of anilines is 1. The van der Waals surface area contributed by atoms with Gasteiger partial charge in [0, 0.05) is 24.8 Å². The fourth-order valence-electron chi connectivity index (χ4n) is 3.98. The molecule has 0 aromatic heterocycles. The average Bonchev–Trinajstić information content (AvgIpc) is 3.13. The highest BCUT2D eigenvalue weighted by atomic mass is 32.2. The molecule has 0 aliphatic heterocycles. The summed E-state index contributed by atoms with van der Waals surface area (Å²) in [5.41, 5.74) is 3.12. The van der Waals surface area contributed by atoms with Crippen LogP contribution in [0.15, 0.2) is 53.4 Å². The standard InChI is InChI=1S/C22H29N3O3S/c1-4-25(5-2)29(27,28)19-11-8-10-18(15-19)23-22(26)16-24(3)21-14-13-17-9-6-7-12-20(17)21/h6-12,15,21H,4-5,13-14,16H2,1-3H3,(H,23,26). The van der Waals surface area contributed by atoms with E-state index >= 15 is 0 Å². The number of likely N-dealkylation sites (N-methyl/N-ethyl adjacent to an activating group) is 1. The molecule has 1 N–H and O–H groups in total. The second-order valence-electron chi connectivity index (χ2n) is 7.33. The minimum absolute atomic E-state index is 0.158. The van der Waals surface area contributed by atoms with E-state index in [0.29, 0.717) is 18.8 Å². The molecule has 156 valence electrons. The van der Waals surface area contributed by atoms with Crippen molar-refractivity contribution in [1.82, 2.24) is 9.21 Å². The maximum Gasteiger partial charge on any atom is 0.243 e. The number of carbonyl (C=O) groups excluding carboxylic acids is 1. The van der Waals surface area contributed by atoms with Crippen LogP contribution in [0.3, 0.4) is 0 Å². The topological polar surface area (TPSA) is 69.7 Å². The molecule has 0 bridgehead atoms. The third-order valence-corrected chi connectivity index (χ3v) is 7.53. The van der Waals surface area contributed by atoms with Crippen LogP contribution in [-0.4, -0.2) is 50.2 Å². The molecule has 1 aliphatic carbocycles. The summed E-state index contributed by atoms with van der Waals surface area (Å²) in [7, 11) is -1.61. The first-order valence-corrected chi connectivity index (χ1v) is 11.5. The Morgan fingerprint density at radius 2 is 1.83 bits per heavy atom. The monoisotopic (exact) mass is 415 g/mol. The van der Waals surface area contributed by atoms with Gasteiger partial charge in [-0.3, -0.25) is 9.69 Å². The lowest BCUT2D eigenvalue weighted by Crippen LogP contribution is -2.33. The molecule has 6 nitrogen and oxygen atoms in total. The molecular weight excluding hydrogens is 386 g/mol. The van der Waals surface area contributed by atoms with Crippen LogP contribution in [0.2, 0.25) is 0 Å². The van der Waals surface area contributed by atoms with E-state index in [4.69, 9.17) is 0 Å². The number of benzene rings is 2. The van der Waals surface area contributed by atoms with Crippen molar-refractivity contribution in [3.8, 4) is 0 Å². The highest BCUT2D eigenvalue weighted by molar-refractivity contribution is 7.89. The van der Waals surface area contributed by atoms with Gasteiger partial charge < -0.3 is 5.32 Å². The van der Waals surface area contributed by atoms with Crippen molar-refractivity contribution in [2.75, 3.05) is 32.0 Å². The summed E-state index contributed by atoms with van der Waals surface area (Å²) in [4.78, 5) is 14.8. The molecular formula is C22H29N3O3S. The van der Waals surface area contributed by atoms with Crippen molar-refractivity contribution in [3.63, 3.8) is 0 Å². The fourth-order valence-corrected chi connectivity index (χ4v) is 5.48. The number of sulfonamides is 1. The number of rotatable bonds is 8. The Labute approximate surface area is 173 Å². The van der Waals surface area contributed by atoms with Gasteiger partial charge in [-0.15, -0.1) is 0 Å². The van der Waals surface area contributed by atoms with Gasteiger partial charge in [0.05, 0.1) is 11.4 Å². The highest BCUT2D eigenvalue weighted by Gasteiger charge is 2.27. The number of nitrogens with one attached hydrogen (secondary N) is 1. The van der Waals surface area contributed by atoms with Gasteiger partial charge in [-0.25, -0.2) is 8.42 Å². The number of hydrogen-bond donors (Lipinski definition) is 1. The third kappa shape index (κ3) is 4.69. The molecule has 1 unspecified atom stereocenters. The Balaban J connectivity index is 1.67. The maximum atomic E-state index is 12.7. The molecule has 3 rings (SSSR count). The Hall–Kier alpha value is -2.22. The lowest BCUT2D eigenvalue weighted by molar-refractivity contribution is -0.117. The van der Waals surface area contributed by atoms with E-state index in [1.807, 2.05) is 33.0 Å². The fraction of sp³-hybridized carbons (Fsp3) is 0.409. The van der Waals surface area contributed by atoms with Gasteiger partial charge in [0.15, 0.2) is 0 Å². The van der Waals surface area contributed by atoms with Crippen molar-refractivity contribution < 1.29 is 13.2 Å². The molecule has 0 fully saturated rings. The summed E-state index contributed by atoms with van der Waals surface area (Å²) in [6.07, 6.45) is 2.03. The molecule has 0 heterocycles. The van der Waals surface area contributed by atoms with Gasteiger partial charge in [-0.05, 0) is 49.2 Å². The molecule has 0 saturated heterocycles. The molecule has 0 saturated carbocycles. The maximum absolute atomic E-state index is 12.7. The first kappa shape index (κ1) is 21.5. The van der Waals surface area contributed by atoms with E-state index in [-0.39, 0.29) is 23.4 Å². The Bertz CT molecular complexity index is 971. The second kappa shape index (κ2) is 9.07. The molecule has 1 atom stereocenters. The SMILES string of the molecule is CCN(CC)S(=O)(=O)c1cccc(NC(=O)CN(C)C2CCc3ccccc32)c1. The van der Waals surface area contributed by atoms with E-state index in [1.54, 1.807) is 18.2 Å². The quantitative estimate of drug-likeness (QED) is 0.718. The summed E-state index contributed by atoms with van der Waals surface area (Å²) < 4.78 is 26.8. The van der Waals surface area contributed by atoms with E-state index in [9.17, 15) is 13.2 Å². The lowest BCUT2D eigenvalue weighted by Gasteiger charge is -2.24. The van der Waals surface area contributed by atoms with Crippen molar-refractivity contribution in [2.45, 2.75) is 37.6 Å². The Kier molecular flexibility index (Phi) is 6.72. The van der Waals surface area contributed by atoms with Crippen molar-refractivity contribution in [2.24, 2.45) is 0 Å². The Morgan fingerprint density at radius 1 is 1.10 bits per heavy atom. The van der Waals surface area contributed by atoms with Gasteiger partial charge in [-0.2, -0.15) is 4.31 Å². The first-order chi connectivity index (χ1) is 13.9. The summed E-state index contributed by atoms with van der Waals surface area (Å²) in [5.74, 6) is -0.158. The number of nitrogens with zero attached hydrogens (tertiary/aromatic N) is 2. The Morgan fingerprint density at radius 3 is 2.55 bits per heavy atom. The van der Waals surface area contributed by atoms with Crippen LogP contribution < -0.4 is 5.32 Å². The molecule has 0 radical (unpaired) electrons. The van der Waals surface area contributed by atoms with Crippen LogP contribution in [0.5, 0.6) is 0 Å². The van der Waals surface area contributed by atoms with Crippen molar-refractivity contribution in [3.05, 3.63) is 59.7 Å². The van der Waals surface area contributed by atoms with Crippen LogP contribution in [-0.2, 0) is 21.2 Å². The van der Waals surface area contributed by atoms with Gasteiger partial charge in [0.25, 0.3) is 0 Å². The van der Waals surface area contributed by atoms with Crippen LogP contribution >= 0.6 is 0 Å². The zero-order valence-electron chi connectivity index (χ0n) is 17.3. The summed E-state index contributed by atoms with van der Waals surface area (Å²) >= 11 is 0. The van der Waals surface area contributed by atoms with E-state index in [2.05, 4.69) is 22.3 Å². The lowest BCUT2D eigenvalue weighted by atomic mass is 10.1. The summed E-state index contributed by atoms with van der Waals surface area (Å²) in [6, 6.07) is 15.0. The smallest absolute Gasteiger partial charge is 0.243 e. The molecule has 1 amide bonds. The largest absolute Gasteiger partial charge is 0.325 e. The predicted molar refractivity (Wildman–Crippen MR) is 115 cm³/mol. The van der Waals surface area contributed by atoms with Gasteiger partial charge >= 0.3 is 0 Å². The van der Waals surface area contributed by atoms with Gasteiger partial charge in [0.1, 0.15) is 0 Å². The first-order valence-electron chi connectivity index (χ1n) is 10.0. The van der Waals surface area contributed by atoms with E-state index < -0.39 is 10.0 Å². The number of hydrogen-bond acceptors (Lipinski definition) is 4. The minimum Gasteiger partial charge on any atom is -0.325 e. The van der Waals surface area contributed by atoms with Crippen LogP contribution in [0.25, 0.3) is 0 Å². The number of fused-ring (bicyclic) bond motifs is 1. The molecule has 2 aromatic rings. The number of amides is 1. The molecule has 2 aromatic carbocycles. The summed E-state index contributed by atoms with van der Waals surface area (Å²) in [6.45, 7) is 4.67. The van der Waals surface area contributed by atoms with Crippen LogP contribution in [0, 0.1) is 0 Å². The minimum atomic E-state index is -3.56. The van der Waals surface area contributed by atoms with E-state index in [1.165, 1.54) is 21.5 Å². The van der Waals surface area contributed by atoms with Crippen LogP contribution in [0.4, 0.5) is 5.69 Å². The van der Waals surface area contributed by atoms with Crippen molar-refractivity contribution >= 4 is 21.6 Å². The van der Waals surface area contributed by atoms with E-state index in [0.717, 1.165) is 12.8 Å². The van der Waals surface area contributed by atoms with Gasteiger partial charge in [0.2, 0.25) is 15.9 Å². The molecule has 29 heavy (non-hydrogen) atoms. The van der Waals surface area contributed by atoms with Crippen molar-refractivity contribution in [1.29, 1.82) is 0 Å². The molecule has 7 heteroatoms. The number of carbonyl (C=O) groups is 1. The average molecular weight is 416 g/mol. The predicted octanol–water partition coefficient (Wildman–Crippen LogP) is 3.27. The zero-order valence-corrected chi connectivity index (χ0v) is 18.1. The second-order valence-corrected chi connectivity index (χ2v) is 9.27. The molecule has 0 spiro atoms. The molecule has 1 aliphatic rings. The highest BCUT2D eigenvalue weighted by Crippen LogP contribution is 2.34. The van der Waals surface area contributed by atoms with Crippen LogP contribution in [0.1, 0.15) is 37.4 Å². The number of aryl methyl sites for hydroxylation is 1. The summed E-state index contributed by atoms with van der Waals surface area (Å²) in [5, 5.41) is 2.84.